The van der Waals surface area contributed by atoms with Crippen LogP contribution in [0.1, 0.15) is 5.56 Å². The molecule has 1 aromatic heterocycles. The Balaban J connectivity index is 2.58. The standard InChI is InChI=1S/C11H11N3O/c12-7-8-3-1-2-4-9(8)10-5-6-13-11(15)14-10/h1-6H,7,12H2,(H,13,14,15). The molecule has 0 aliphatic rings. The molecule has 0 spiro atoms. The Morgan fingerprint density at radius 1 is 1.27 bits per heavy atom. The van der Waals surface area contributed by atoms with E-state index in [1.807, 2.05) is 24.3 Å². The zero-order valence-corrected chi connectivity index (χ0v) is 8.10. The van der Waals surface area contributed by atoms with Gasteiger partial charge in [-0.1, -0.05) is 24.3 Å². The molecular formula is C11H11N3O. The lowest BCUT2D eigenvalue weighted by Gasteiger charge is -2.06. The highest BCUT2D eigenvalue weighted by molar-refractivity contribution is 5.62. The van der Waals surface area contributed by atoms with Gasteiger partial charge in [-0.15, -0.1) is 0 Å². The topological polar surface area (TPSA) is 71.8 Å². The van der Waals surface area contributed by atoms with Crippen LogP contribution in [0.25, 0.3) is 11.3 Å². The average Bonchev–Trinajstić information content (AvgIpc) is 2.29. The molecule has 0 amide bonds. The van der Waals surface area contributed by atoms with Crippen molar-refractivity contribution in [1.29, 1.82) is 0 Å². The number of nitrogens with one attached hydrogen (secondary N) is 1. The van der Waals surface area contributed by atoms with Gasteiger partial charge >= 0.3 is 5.69 Å². The van der Waals surface area contributed by atoms with Crippen molar-refractivity contribution in [1.82, 2.24) is 9.97 Å². The maximum atomic E-state index is 11.1. The lowest BCUT2D eigenvalue weighted by Crippen LogP contribution is -2.10. The monoisotopic (exact) mass is 201 g/mol. The van der Waals surface area contributed by atoms with E-state index >= 15 is 0 Å². The summed E-state index contributed by atoms with van der Waals surface area (Å²) < 4.78 is 0. The van der Waals surface area contributed by atoms with Crippen LogP contribution in [0.15, 0.2) is 41.3 Å². The summed E-state index contributed by atoms with van der Waals surface area (Å²) in [6, 6.07) is 9.45. The summed E-state index contributed by atoms with van der Waals surface area (Å²) in [5.41, 5.74) is 7.96. The van der Waals surface area contributed by atoms with Gasteiger partial charge in [-0.2, -0.15) is 0 Å². The van der Waals surface area contributed by atoms with Crippen LogP contribution in [-0.4, -0.2) is 9.97 Å². The van der Waals surface area contributed by atoms with Gasteiger partial charge in [0.15, 0.2) is 0 Å². The summed E-state index contributed by atoms with van der Waals surface area (Å²) >= 11 is 0. The van der Waals surface area contributed by atoms with E-state index in [0.717, 1.165) is 16.8 Å². The molecule has 0 unspecified atom stereocenters. The first-order valence-corrected chi connectivity index (χ1v) is 4.65. The summed E-state index contributed by atoms with van der Waals surface area (Å²) in [6.07, 6.45) is 1.49. The van der Waals surface area contributed by atoms with E-state index in [2.05, 4.69) is 9.97 Å². The van der Waals surface area contributed by atoms with E-state index in [1.54, 1.807) is 6.07 Å². The van der Waals surface area contributed by atoms with Crippen LogP contribution in [0, 0.1) is 0 Å². The fourth-order valence-corrected chi connectivity index (χ4v) is 1.49. The fraction of sp³-hybridized carbons (Fsp3) is 0.0909. The van der Waals surface area contributed by atoms with Gasteiger partial charge < -0.3 is 10.7 Å². The summed E-state index contributed by atoms with van der Waals surface area (Å²) in [4.78, 5) is 17.3. The third-order valence-electron chi connectivity index (χ3n) is 2.20. The van der Waals surface area contributed by atoms with Crippen LogP contribution in [0.3, 0.4) is 0 Å². The van der Waals surface area contributed by atoms with Gasteiger partial charge in [0.05, 0.1) is 5.69 Å². The number of hydrogen-bond acceptors (Lipinski definition) is 3. The molecule has 4 heteroatoms. The quantitative estimate of drug-likeness (QED) is 0.758. The molecule has 76 valence electrons. The van der Waals surface area contributed by atoms with Crippen molar-refractivity contribution in [2.75, 3.05) is 0 Å². The average molecular weight is 201 g/mol. The first-order chi connectivity index (χ1) is 7.31. The third kappa shape index (κ3) is 1.94. The fourth-order valence-electron chi connectivity index (χ4n) is 1.49. The molecule has 0 bridgehead atoms. The Morgan fingerprint density at radius 3 is 2.80 bits per heavy atom. The van der Waals surface area contributed by atoms with E-state index in [0.29, 0.717) is 6.54 Å². The van der Waals surface area contributed by atoms with Crippen molar-refractivity contribution in [3.05, 3.63) is 52.6 Å². The smallest absolute Gasteiger partial charge is 0.326 e. The molecule has 3 N–H and O–H groups in total. The van der Waals surface area contributed by atoms with E-state index < -0.39 is 0 Å². The van der Waals surface area contributed by atoms with Crippen LogP contribution < -0.4 is 11.4 Å². The normalized spacial score (nSPS) is 10.2. The Bertz CT molecular complexity index is 519. The van der Waals surface area contributed by atoms with Crippen molar-refractivity contribution in [2.45, 2.75) is 6.54 Å². The molecule has 0 atom stereocenters. The van der Waals surface area contributed by atoms with Crippen molar-refractivity contribution in [3.8, 4) is 11.3 Å². The van der Waals surface area contributed by atoms with E-state index in [4.69, 9.17) is 5.73 Å². The molecule has 1 heterocycles. The zero-order valence-electron chi connectivity index (χ0n) is 8.10. The highest BCUT2D eigenvalue weighted by atomic mass is 16.1. The molecule has 2 rings (SSSR count). The number of aromatic nitrogens is 2. The van der Waals surface area contributed by atoms with Crippen LogP contribution in [0.2, 0.25) is 0 Å². The van der Waals surface area contributed by atoms with E-state index in [9.17, 15) is 4.79 Å². The summed E-state index contributed by atoms with van der Waals surface area (Å²) in [7, 11) is 0. The van der Waals surface area contributed by atoms with Crippen molar-refractivity contribution in [3.63, 3.8) is 0 Å². The minimum absolute atomic E-state index is 0.348. The third-order valence-corrected chi connectivity index (χ3v) is 2.20. The van der Waals surface area contributed by atoms with Gasteiger partial charge in [-0.25, -0.2) is 9.78 Å². The minimum Gasteiger partial charge on any atom is -0.326 e. The number of benzene rings is 1. The number of rotatable bonds is 2. The number of nitrogens with zero attached hydrogens (tertiary/aromatic N) is 1. The number of H-pyrrole nitrogens is 1. The molecule has 4 nitrogen and oxygen atoms in total. The lowest BCUT2D eigenvalue weighted by atomic mass is 10.0. The molecule has 0 radical (unpaired) electrons. The van der Waals surface area contributed by atoms with Crippen molar-refractivity contribution >= 4 is 0 Å². The number of nitrogens with two attached hydrogens (primary N) is 1. The summed E-state index contributed by atoms with van der Waals surface area (Å²) in [5.74, 6) is 0. The van der Waals surface area contributed by atoms with Gasteiger partial charge in [0.25, 0.3) is 0 Å². The number of aromatic amines is 1. The Hall–Kier alpha value is -1.94. The first-order valence-electron chi connectivity index (χ1n) is 4.65. The zero-order chi connectivity index (χ0) is 10.7. The van der Waals surface area contributed by atoms with Crippen LogP contribution in [-0.2, 0) is 6.54 Å². The molecule has 2 aromatic rings. The molecular weight excluding hydrogens is 190 g/mol. The van der Waals surface area contributed by atoms with Gasteiger partial charge in [0, 0.05) is 18.3 Å². The second kappa shape index (κ2) is 4.06. The van der Waals surface area contributed by atoms with Gasteiger partial charge in [0.2, 0.25) is 0 Å². The predicted molar refractivity (Wildman–Crippen MR) is 58.2 cm³/mol. The lowest BCUT2D eigenvalue weighted by molar-refractivity contribution is 1.05. The molecule has 0 aliphatic heterocycles. The van der Waals surface area contributed by atoms with Crippen molar-refractivity contribution in [2.24, 2.45) is 5.73 Å². The van der Waals surface area contributed by atoms with Gasteiger partial charge in [-0.3, -0.25) is 0 Å². The maximum Gasteiger partial charge on any atom is 0.345 e. The molecule has 0 fully saturated rings. The molecule has 15 heavy (non-hydrogen) atoms. The Labute approximate surface area is 86.8 Å². The Kier molecular flexibility index (Phi) is 2.60. The van der Waals surface area contributed by atoms with E-state index in [1.165, 1.54) is 6.20 Å². The number of hydrogen-bond donors (Lipinski definition) is 2. The molecule has 0 saturated carbocycles. The molecule has 1 aromatic carbocycles. The summed E-state index contributed by atoms with van der Waals surface area (Å²) in [5, 5.41) is 0. The maximum absolute atomic E-state index is 11.1. The second-order valence-corrected chi connectivity index (χ2v) is 3.15. The van der Waals surface area contributed by atoms with Crippen LogP contribution >= 0.6 is 0 Å². The van der Waals surface area contributed by atoms with E-state index in [-0.39, 0.29) is 5.69 Å². The highest BCUT2D eigenvalue weighted by Gasteiger charge is 2.03. The van der Waals surface area contributed by atoms with Gasteiger partial charge in [0.1, 0.15) is 0 Å². The first kappa shape index (κ1) is 9.61. The van der Waals surface area contributed by atoms with Crippen LogP contribution in [0.5, 0.6) is 0 Å². The van der Waals surface area contributed by atoms with Gasteiger partial charge in [-0.05, 0) is 11.6 Å². The molecule has 0 saturated heterocycles. The van der Waals surface area contributed by atoms with Crippen LogP contribution in [0.4, 0.5) is 0 Å². The Morgan fingerprint density at radius 2 is 2.07 bits per heavy atom. The predicted octanol–water partition coefficient (Wildman–Crippen LogP) is 0.896. The highest BCUT2D eigenvalue weighted by Crippen LogP contribution is 2.19. The second-order valence-electron chi connectivity index (χ2n) is 3.15. The largest absolute Gasteiger partial charge is 0.345 e. The SMILES string of the molecule is NCc1ccccc1-c1ccnc(=O)[nH]1. The molecule has 0 aliphatic carbocycles. The summed E-state index contributed by atoms with van der Waals surface area (Å²) in [6.45, 7) is 0.445. The minimum atomic E-state index is -0.348. The van der Waals surface area contributed by atoms with Crippen molar-refractivity contribution < 1.29 is 0 Å².